The Morgan fingerprint density at radius 1 is 0.846 bits per heavy atom. The lowest BCUT2D eigenvalue weighted by molar-refractivity contribution is 0.0711. The monoisotopic (exact) mass is 513 g/mol. The van der Waals surface area contributed by atoms with Gasteiger partial charge in [-0.3, -0.25) is 4.79 Å². The molecule has 6 rings (SSSR count). The Balaban J connectivity index is 1.27. The predicted octanol–water partition coefficient (Wildman–Crippen LogP) is 7.40. The summed E-state index contributed by atoms with van der Waals surface area (Å²) in [5.41, 5.74) is 5.20. The van der Waals surface area contributed by atoms with Gasteiger partial charge in [0.05, 0.1) is 24.6 Å². The third-order valence-corrected chi connectivity index (χ3v) is 6.74. The number of carbonyl (C=O) groups is 1. The molecule has 39 heavy (non-hydrogen) atoms. The van der Waals surface area contributed by atoms with Gasteiger partial charge in [0, 0.05) is 23.1 Å². The van der Waals surface area contributed by atoms with Crippen LogP contribution in [0.2, 0.25) is 0 Å². The van der Waals surface area contributed by atoms with Crippen LogP contribution in [-0.4, -0.2) is 28.2 Å². The average molecular weight is 514 g/mol. The number of rotatable bonds is 7. The molecule has 6 heteroatoms. The van der Waals surface area contributed by atoms with Crippen molar-refractivity contribution in [3.8, 4) is 28.5 Å². The fourth-order valence-electron chi connectivity index (χ4n) is 4.75. The largest absolute Gasteiger partial charge is 0.494 e. The summed E-state index contributed by atoms with van der Waals surface area (Å²) in [4.78, 5) is 18.2. The van der Waals surface area contributed by atoms with Crippen LogP contribution < -0.4 is 4.74 Å². The molecule has 5 aromatic rings. The van der Waals surface area contributed by atoms with Crippen molar-refractivity contribution in [2.45, 2.75) is 19.4 Å². The highest BCUT2D eigenvalue weighted by Crippen LogP contribution is 2.35. The summed E-state index contributed by atoms with van der Waals surface area (Å²) in [6.07, 6.45) is 2.34. The van der Waals surface area contributed by atoms with E-state index in [0.717, 1.165) is 33.7 Å². The maximum Gasteiger partial charge on any atom is 0.274 e. The van der Waals surface area contributed by atoms with Crippen molar-refractivity contribution >= 4 is 11.6 Å². The van der Waals surface area contributed by atoms with Crippen LogP contribution in [0, 0.1) is 0 Å². The van der Waals surface area contributed by atoms with E-state index in [9.17, 15) is 4.79 Å². The molecule has 1 atom stereocenters. The standard InChI is InChI=1S/C33H27N3O3/c1-2-38-28-19-17-24(18-20-28)30-21-29(23-9-5-3-6-10-23)35-36(30)33(37)27-15-13-26(14-16-27)32-34-22-31(39-32)25-11-7-4-8-12-25/h3-20,22,30H,2,21H2,1H3/t30-/m0/s1. The van der Waals surface area contributed by atoms with Crippen LogP contribution in [0.5, 0.6) is 5.75 Å². The van der Waals surface area contributed by atoms with Gasteiger partial charge in [-0.2, -0.15) is 5.10 Å². The molecule has 0 saturated carbocycles. The lowest BCUT2D eigenvalue weighted by atomic mass is 9.98. The minimum Gasteiger partial charge on any atom is -0.494 e. The molecule has 1 aliphatic rings. The normalized spacial score (nSPS) is 14.7. The Kier molecular flexibility index (Phi) is 6.75. The van der Waals surface area contributed by atoms with Gasteiger partial charge in [0.25, 0.3) is 5.91 Å². The predicted molar refractivity (Wildman–Crippen MR) is 151 cm³/mol. The number of amides is 1. The van der Waals surface area contributed by atoms with Crippen LogP contribution >= 0.6 is 0 Å². The van der Waals surface area contributed by atoms with Gasteiger partial charge < -0.3 is 9.15 Å². The maximum atomic E-state index is 13.8. The first kappa shape index (κ1) is 24.4. The molecule has 0 bridgehead atoms. The van der Waals surface area contributed by atoms with E-state index in [4.69, 9.17) is 14.3 Å². The van der Waals surface area contributed by atoms with Crippen molar-refractivity contribution in [1.29, 1.82) is 0 Å². The molecule has 1 aliphatic heterocycles. The minimum atomic E-state index is -0.219. The molecule has 0 aliphatic carbocycles. The number of carbonyl (C=O) groups excluding carboxylic acids is 1. The minimum absolute atomic E-state index is 0.163. The van der Waals surface area contributed by atoms with Gasteiger partial charge >= 0.3 is 0 Å². The topological polar surface area (TPSA) is 67.9 Å². The molecule has 2 heterocycles. The zero-order valence-corrected chi connectivity index (χ0v) is 21.5. The van der Waals surface area contributed by atoms with E-state index >= 15 is 0 Å². The second-order valence-corrected chi connectivity index (χ2v) is 9.26. The Bertz CT molecular complexity index is 1590. The zero-order chi connectivity index (χ0) is 26.6. The van der Waals surface area contributed by atoms with Gasteiger partial charge in [-0.25, -0.2) is 9.99 Å². The van der Waals surface area contributed by atoms with E-state index in [1.807, 2.05) is 104 Å². The fraction of sp³-hybridized carbons (Fsp3) is 0.121. The highest BCUT2D eigenvalue weighted by Gasteiger charge is 2.33. The van der Waals surface area contributed by atoms with Gasteiger partial charge in [-0.15, -0.1) is 0 Å². The average Bonchev–Trinajstić information content (AvgIpc) is 3.67. The summed E-state index contributed by atoms with van der Waals surface area (Å²) in [6, 6.07) is 34.8. The number of aromatic nitrogens is 1. The Morgan fingerprint density at radius 3 is 2.18 bits per heavy atom. The summed E-state index contributed by atoms with van der Waals surface area (Å²) in [6.45, 7) is 2.56. The summed E-state index contributed by atoms with van der Waals surface area (Å²) in [5, 5.41) is 6.41. The fourth-order valence-corrected chi connectivity index (χ4v) is 4.75. The second-order valence-electron chi connectivity index (χ2n) is 9.26. The van der Waals surface area contributed by atoms with Crippen molar-refractivity contribution in [3.05, 3.63) is 132 Å². The number of hydrogen-bond donors (Lipinski definition) is 0. The van der Waals surface area contributed by atoms with E-state index in [0.29, 0.717) is 30.2 Å². The summed E-state index contributed by atoms with van der Waals surface area (Å²) < 4.78 is 11.6. The van der Waals surface area contributed by atoms with Gasteiger partial charge in [0.15, 0.2) is 5.76 Å². The molecular formula is C33H27N3O3. The summed E-state index contributed by atoms with van der Waals surface area (Å²) in [7, 11) is 0. The van der Waals surface area contributed by atoms with E-state index in [-0.39, 0.29) is 11.9 Å². The number of ether oxygens (including phenoxy) is 1. The molecule has 0 spiro atoms. The van der Waals surface area contributed by atoms with Crippen molar-refractivity contribution in [1.82, 2.24) is 9.99 Å². The number of hydrazone groups is 1. The van der Waals surface area contributed by atoms with E-state index in [2.05, 4.69) is 4.98 Å². The molecule has 4 aromatic carbocycles. The Morgan fingerprint density at radius 2 is 1.51 bits per heavy atom. The summed E-state index contributed by atoms with van der Waals surface area (Å²) in [5.74, 6) is 1.84. The number of benzene rings is 4. The summed E-state index contributed by atoms with van der Waals surface area (Å²) >= 11 is 0. The zero-order valence-electron chi connectivity index (χ0n) is 21.5. The van der Waals surface area contributed by atoms with Gasteiger partial charge in [-0.05, 0) is 54.4 Å². The molecular weight excluding hydrogens is 486 g/mol. The molecule has 1 aromatic heterocycles. The SMILES string of the molecule is CCOc1ccc([C@@H]2CC(c3ccccc3)=NN2C(=O)c2ccc(-c3ncc(-c4ccccc4)o3)cc2)cc1. The van der Waals surface area contributed by atoms with Crippen LogP contribution in [0.3, 0.4) is 0 Å². The second kappa shape index (κ2) is 10.8. The molecule has 0 N–H and O–H groups in total. The molecule has 192 valence electrons. The van der Waals surface area contributed by atoms with Crippen LogP contribution in [0.4, 0.5) is 0 Å². The quantitative estimate of drug-likeness (QED) is 0.227. The van der Waals surface area contributed by atoms with E-state index < -0.39 is 0 Å². The van der Waals surface area contributed by atoms with Gasteiger partial charge in [0.1, 0.15) is 5.75 Å². The molecule has 0 unspecified atom stereocenters. The molecule has 6 nitrogen and oxygen atoms in total. The third-order valence-electron chi connectivity index (χ3n) is 6.74. The molecule has 0 saturated heterocycles. The highest BCUT2D eigenvalue weighted by atomic mass is 16.5. The third kappa shape index (κ3) is 5.09. The van der Waals surface area contributed by atoms with Crippen molar-refractivity contribution in [3.63, 3.8) is 0 Å². The van der Waals surface area contributed by atoms with Crippen LogP contribution in [0.1, 0.15) is 40.9 Å². The number of hydrogen-bond acceptors (Lipinski definition) is 5. The first-order chi connectivity index (χ1) is 19.2. The molecule has 0 fully saturated rings. The Hall–Kier alpha value is -4.97. The van der Waals surface area contributed by atoms with E-state index in [1.165, 1.54) is 0 Å². The number of nitrogens with zero attached hydrogens (tertiary/aromatic N) is 3. The highest BCUT2D eigenvalue weighted by molar-refractivity contribution is 6.05. The smallest absolute Gasteiger partial charge is 0.274 e. The van der Waals surface area contributed by atoms with Gasteiger partial charge in [0.2, 0.25) is 5.89 Å². The van der Waals surface area contributed by atoms with Crippen molar-refractivity contribution < 1.29 is 13.9 Å². The van der Waals surface area contributed by atoms with Gasteiger partial charge in [-0.1, -0.05) is 72.8 Å². The first-order valence-corrected chi connectivity index (χ1v) is 13.0. The van der Waals surface area contributed by atoms with Crippen molar-refractivity contribution in [2.75, 3.05) is 6.61 Å². The maximum absolute atomic E-state index is 13.8. The lowest BCUT2D eigenvalue weighted by Gasteiger charge is -2.22. The van der Waals surface area contributed by atoms with Crippen LogP contribution in [-0.2, 0) is 0 Å². The van der Waals surface area contributed by atoms with Crippen LogP contribution in [0.15, 0.2) is 125 Å². The van der Waals surface area contributed by atoms with Crippen molar-refractivity contribution in [2.24, 2.45) is 5.10 Å². The lowest BCUT2D eigenvalue weighted by Crippen LogP contribution is -2.27. The first-order valence-electron chi connectivity index (χ1n) is 13.0. The molecule has 1 amide bonds. The Labute approximate surface area is 227 Å². The van der Waals surface area contributed by atoms with E-state index in [1.54, 1.807) is 23.3 Å². The van der Waals surface area contributed by atoms with Crippen LogP contribution in [0.25, 0.3) is 22.8 Å². The molecule has 0 radical (unpaired) electrons. The number of oxazole rings is 1.